The zero-order valence-electron chi connectivity index (χ0n) is 14.7. The summed E-state index contributed by atoms with van der Waals surface area (Å²) in [5, 5.41) is 0.841. The fraction of sp³-hybridized carbons (Fsp3) is 0.125. The van der Waals surface area contributed by atoms with Gasteiger partial charge < -0.3 is 9.15 Å². The molecule has 0 aliphatic carbocycles. The van der Waals surface area contributed by atoms with E-state index in [2.05, 4.69) is 24.3 Å². The van der Waals surface area contributed by atoms with Gasteiger partial charge in [-0.05, 0) is 29.7 Å². The van der Waals surface area contributed by atoms with E-state index in [-0.39, 0.29) is 17.6 Å². The first-order valence-electron chi connectivity index (χ1n) is 9.13. The quantitative estimate of drug-likeness (QED) is 0.449. The lowest BCUT2D eigenvalue weighted by molar-refractivity contribution is 0.167. The monoisotopic (exact) mass is 354 g/mol. The van der Waals surface area contributed by atoms with Gasteiger partial charge in [0.15, 0.2) is 0 Å². The lowest BCUT2D eigenvalue weighted by Gasteiger charge is -2.32. The van der Waals surface area contributed by atoms with Gasteiger partial charge in [-0.15, -0.1) is 0 Å². The SMILES string of the molecule is O=c1oc2ccccc2c2c1[C@@H](c1ccccc1)C[C@H](c1ccccc1)O2. The number of hydrogen-bond acceptors (Lipinski definition) is 3. The lowest BCUT2D eigenvalue weighted by atomic mass is 9.83. The van der Waals surface area contributed by atoms with E-state index in [0.717, 1.165) is 16.5 Å². The summed E-state index contributed by atoms with van der Waals surface area (Å²) in [5.74, 6) is 0.580. The molecule has 27 heavy (non-hydrogen) atoms. The van der Waals surface area contributed by atoms with Crippen LogP contribution in [0.25, 0.3) is 11.0 Å². The van der Waals surface area contributed by atoms with Gasteiger partial charge in [0.25, 0.3) is 0 Å². The Labute approximate surface area is 156 Å². The molecule has 3 aromatic carbocycles. The maximum absolute atomic E-state index is 12.9. The predicted molar refractivity (Wildman–Crippen MR) is 105 cm³/mol. The maximum atomic E-state index is 12.9. The molecule has 1 aliphatic heterocycles. The number of ether oxygens (including phenoxy) is 1. The Kier molecular flexibility index (Phi) is 3.79. The number of fused-ring (bicyclic) bond motifs is 3. The molecule has 1 aliphatic rings. The minimum atomic E-state index is -0.316. The summed E-state index contributed by atoms with van der Waals surface area (Å²) in [5.41, 5.74) is 3.07. The van der Waals surface area contributed by atoms with Crippen molar-refractivity contribution in [1.82, 2.24) is 0 Å². The Bertz CT molecular complexity index is 1150. The van der Waals surface area contributed by atoms with E-state index in [1.165, 1.54) is 0 Å². The van der Waals surface area contributed by atoms with Gasteiger partial charge in [-0.25, -0.2) is 4.79 Å². The van der Waals surface area contributed by atoms with Crippen LogP contribution in [0.5, 0.6) is 5.75 Å². The third-order valence-corrected chi connectivity index (χ3v) is 5.23. The fourth-order valence-corrected chi connectivity index (χ4v) is 3.95. The third-order valence-electron chi connectivity index (χ3n) is 5.23. The van der Waals surface area contributed by atoms with E-state index in [0.29, 0.717) is 23.3 Å². The van der Waals surface area contributed by atoms with Crippen LogP contribution >= 0.6 is 0 Å². The van der Waals surface area contributed by atoms with Crippen LogP contribution in [0.3, 0.4) is 0 Å². The van der Waals surface area contributed by atoms with Crippen molar-refractivity contribution in [1.29, 1.82) is 0 Å². The van der Waals surface area contributed by atoms with Crippen LogP contribution in [0.2, 0.25) is 0 Å². The van der Waals surface area contributed by atoms with E-state index in [9.17, 15) is 4.79 Å². The molecule has 0 N–H and O–H groups in total. The van der Waals surface area contributed by atoms with Crippen LogP contribution in [0, 0.1) is 0 Å². The van der Waals surface area contributed by atoms with E-state index in [4.69, 9.17) is 9.15 Å². The Hall–Kier alpha value is -3.33. The number of benzene rings is 3. The maximum Gasteiger partial charge on any atom is 0.343 e. The van der Waals surface area contributed by atoms with Crippen molar-refractivity contribution in [2.45, 2.75) is 18.4 Å². The highest BCUT2D eigenvalue weighted by Crippen LogP contribution is 2.46. The predicted octanol–water partition coefficient (Wildman–Crippen LogP) is 5.45. The van der Waals surface area contributed by atoms with Crippen LogP contribution in [0.4, 0.5) is 0 Å². The third kappa shape index (κ3) is 2.72. The van der Waals surface area contributed by atoms with E-state index in [1.807, 2.05) is 60.7 Å². The number of para-hydroxylation sites is 1. The van der Waals surface area contributed by atoms with Crippen molar-refractivity contribution in [3.05, 3.63) is 112 Å². The van der Waals surface area contributed by atoms with Crippen molar-refractivity contribution < 1.29 is 9.15 Å². The summed E-state index contributed by atoms with van der Waals surface area (Å²) in [4.78, 5) is 12.9. The Morgan fingerprint density at radius 2 is 1.37 bits per heavy atom. The summed E-state index contributed by atoms with van der Waals surface area (Å²) in [6, 6.07) is 27.9. The second-order valence-electron chi connectivity index (χ2n) is 6.84. The lowest BCUT2D eigenvalue weighted by Crippen LogP contribution is -2.25. The van der Waals surface area contributed by atoms with Crippen LogP contribution in [-0.2, 0) is 0 Å². The Balaban J connectivity index is 1.76. The Morgan fingerprint density at radius 3 is 2.11 bits per heavy atom. The highest BCUT2D eigenvalue weighted by atomic mass is 16.5. The van der Waals surface area contributed by atoms with Crippen molar-refractivity contribution in [2.75, 3.05) is 0 Å². The van der Waals surface area contributed by atoms with Gasteiger partial charge in [-0.1, -0.05) is 72.8 Å². The number of hydrogen-bond donors (Lipinski definition) is 0. The van der Waals surface area contributed by atoms with Gasteiger partial charge >= 0.3 is 5.63 Å². The first-order chi connectivity index (χ1) is 13.3. The van der Waals surface area contributed by atoms with Crippen molar-refractivity contribution in [2.24, 2.45) is 0 Å². The standard InChI is InChI=1S/C24H18O3/c25-24-22-19(16-9-3-1-4-10-16)15-21(17-11-5-2-6-12-17)26-23(22)18-13-7-8-14-20(18)27-24/h1-14,19,21H,15H2/t19-,21-/m1/s1. The summed E-state index contributed by atoms with van der Waals surface area (Å²) in [7, 11) is 0. The zero-order chi connectivity index (χ0) is 18.2. The van der Waals surface area contributed by atoms with Crippen molar-refractivity contribution in [3.63, 3.8) is 0 Å². The Morgan fingerprint density at radius 1 is 0.741 bits per heavy atom. The molecule has 0 radical (unpaired) electrons. The van der Waals surface area contributed by atoms with E-state index in [1.54, 1.807) is 0 Å². The second-order valence-corrected chi connectivity index (χ2v) is 6.84. The summed E-state index contributed by atoms with van der Waals surface area (Å²) < 4.78 is 12.0. The summed E-state index contributed by atoms with van der Waals surface area (Å²) in [6.45, 7) is 0. The molecule has 1 aromatic heterocycles. The molecule has 0 saturated heterocycles. The van der Waals surface area contributed by atoms with Crippen LogP contribution in [0.15, 0.2) is 94.1 Å². The average molecular weight is 354 g/mol. The molecule has 3 heteroatoms. The molecule has 0 saturated carbocycles. The molecule has 2 heterocycles. The van der Waals surface area contributed by atoms with Crippen molar-refractivity contribution in [3.8, 4) is 5.75 Å². The second kappa shape index (κ2) is 6.44. The normalized spacial score (nSPS) is 18.7. The summed E-state index contributed by atoms with van der Waals surface area (Å²) >= 11 is 0. The zero-order valence-corrected chi connectivity index (χ0v) is 14.7. The van der Waals surface area contributed by atoms with Gasteiger partial charge in [0.05, 0.1) is 10.9 Å². The van der Waals surface area contributed by atoms with Gasteiger partial charge in [0.2, 0.25) is 0 Å². The minimum absolute atomic E-state index is 0.0685. The average Bonchev–Trinajstić information content (AvgIpc) is 2.74. The highest BCUT2D eigenvalue weighted by Gasteiger charge is 2.34. The molecule has 0 amide bonds. The van der Waals surface area contributed by atoms with Crippen LogP contribution in [0.1, 0.15) is 35.1 Å². The molecular formula is C24H18O3. The van der Waals surface area contributed by atoms with Crippen LogP contribution < -0.4 is 10.4 Å². The molecule has 4 aromatic rings. The van der Waals surface area contributed by atoms with Crippen molar-refractivity contribution >= 4 is 11.0 Å². The molecule has 5 rings (SSSR count). The van der Waals surface area contributed by atoms with E-state index >= 15 is 0 Å². The molecule has 2 atom stereocenters. The highest BCUT2D eigenvalue weighted by molar-refractivity contribution is 5.85. The molecule has 3 nitrogen and oxygen atoms in total. The van der Waals surface area contributed by atoms with Gasteiger partial charge in [-0.2, -0.15) is 0 Å². The topological polar surface area (TPSA) is 39.4 Å². The van der Waals surface area contributed by atoms with Gasteiger partial charge in [0, 0.05) is 5.92 Å². The first-order valence-corrected chi connectivity index (χ1v) is 9.13. The van der Waals surface area contributed by atoms with E-state index < -0.39 is 0 Å². The number of rotatable bonds is 2. The smallest absolute Gasteiger partial charge is 0.343 e. The molecule has 0 spiro atoms. The fourth-order valence-electron chi connectivity index (χ4n) is 3.95. The van der Waals surface area contributed by atoms with Crippen LogP contribution in [-0.4, -0.2) is 0 Å². The molecule has 0 unspecified atom stereocenters. The molecule has 0 fully saturated rings. The molecular weight excluding hydrogens is 336 g/mol. The largest absolute Gasteiger partial charge is 0.484 e. The molecule has 132 valence electrons. The van der Waals surface area contributed by atoms with Gasteiger partial charge in [0.1, 0.15) is 17.4 Å². The van der Waals surface area contributed by atoms with Gasteiger partial charge in [-0.3, -0.25) is 0 Å². The minimum Gasteiger partial charge on any atom is -0.484 e. The molecule has 0 bridgehead atoms. The first kappa shape index (κ1) is 15.9. The summed E-state index contributed by atoms with van der Waals surface area (Å²) in [6.07, 6.45) is 0.582.